The summed E-state index contributed by atoms with van der Waals surface area (Å²) >= 11 is 0. The Bertz CT molecular complexity index is 528. The topological polar surface area (TPSA) is 63.8 Å². The number of hydrogen-bond donors (Lipinski definition) is 1. The molecule has 6 heteroatoms. The van der Waals surface area contributed by atoms with Crippen LogP contribution in [0.2, 0.25) is 0 Å². The Kier molecular flexibility index (Phi) is 2.59. The Labute approximate surface area is 103 Å². The molecule has 1 N–H and O–H groups in total. The van der Waals surface area contributed by atoms with Crippen molar-refractivity contribution in [1.29, 1.82) is 0 Å². The molecule has 2 unspecified atom stereocenters. The van der Waals surface area contributed by atoms with Crippen LogP contribution in [-0.4, -0.2) is 25.3 Å². The third-order valence-corrected chi connectivity index (χ3v) is 3.59. The molecular weight excluding hydrogens is 235 g/mol. The maximum atomic E-state index is 12.9. The molecule has 2 atom stereocenters. The van der Waals surface area contributed by atoms with Crippen molar-refractivity contribution in [3.8, 4) is 0 Å². The summed E-state index contributed by atoms with van der Waals surface area (Å²) in [6.45, 7) is 0. The van der Waals surface area contributed by atoms with Crippen molar-refractivity contribution in [1.82, 2.24) is 20.2 Å². The molecule has 18 heavy (non-hydrogen) atoms. The Morgan fingerprint density at radius 2 is 2.11 bits per heavy atom. The lowest BCUT2D eigenvalue weighted by atomic mass is 9.92. The molecule has 0 aliphatic heterocycles. The lowest BCUT2D eigenvalue weighted by Crippen LogP contribution is -2.22. The van der Waals surface area contributed by atoms with Crippen molar-refractivity contribution < 1.29 is 9.50 Å². The van der Waals surface area contributed by atoms with Crippen molar-refractivity contribution in [2.75, 3.05) is 0 Å². The van der Waals surface area contributed by atoms with E-state index in [-0.39, 0.29) is 11.9 Å². The van der Waals surface area contributed by atoms with Gasteiger partial charge >= 0.3 is 0 Å². The van der Waals surface area contributed by atoms with E-state index in [2.05, 4.69) is 15.5 Å². The highest BCUT2D eigenvalue weighted by atomic mass is 19.1. The summed E-state index contributed by atoms with van der Waals surface area (Å²) in [7, 11) is 0. The van der Waals surface area contributed by atoms with Crippen LogP contribution in [0.4, 0.5) is 4.39 Å². The van der Waals surface area contributed by atoms with Crippen LogP contribution >= 0.6 is 0 Å². The van der Waals surface area contributed by atoms with Gasteiger partial charge in [-0.25, -0.2) is 9.07 Å². The normalized spacial score (nSPS) is 27.6. The van der Waals surface area contributed by atoms with Crippen LogP contribution in [0.5, 0.6) is 0 Å². The van der Waals surface area contributed by atoms with Crippen LogP contribution in [0, 0.1) is 5.82 Å². The Morgan fingerprint density at radius 1 is 1.33 bits per heavy atom. The van der Waals surface area contributed by atoms with Crippen LogP contribution in [-0.2, 0) is 5.60 Å². The molecule has 0 bridgehead atoms. The number of nitrogens with zero attached hydrogens (tertiary/aromatic N) is 4. The maximum Gasteiger partial charge on any atom is 0.138 e. The first kappa shape index (κ1) is 11.3. The highest BCUT2D eigenvalue weighted by Crippen LogP contribution is 2.43. The summed E-state index contributed by atoms with van der Waals surface area (Å²) < 4.78 is 14.6. The Balaban J connectivity index is 1.83. The van der Waals surface area contributed by atoms with Gasteiger partial charge in [0.1, 0.15) is 12.1 Å². The van der Waals surface area contributed by atoms with Gasteiger partial charge in [0.25, 0.3) is 0 Å². The van der Waals surface area contributed by atoms with Crippen molar-refractivity contribution in [2.24, 2.45) is 0 Å². The first-order valence-electron chi connectivity index (χ1n) is 5.88. The minimum atomic E-state index is -0.912. The summed E-state index contributed by atoms with van der Waals surface area (Å²) in [5.41, 5.74) is -0.163. The number of benzene rings is 1. The zero-order valence-electron chi connectivity index (χ0n) is 9.70. The molecule has 1 fully saturated rings. The summed E-state index contributed by atoms with van der Waals surface area (Å²) in [5.74, 6) is -0.294. The van der Waals surface area contributed by atoms with Crippen molar-refractivity contribution >= 4 is 0 Å². The number of hydrogen-bond acceptors (Lipinski definition) is 4. The first-order chi connectivity index (χ1) is 8.67. The number of rotatable bonds is 2. The highest BCUT2D eigenvalue weighted by molar-refractivity contribution is 5.24. The van der Waals surface area contributed by atoms with Crippen LogP contribution in [0.15, 0.2) is 30.6 Å². The predicted octanol–water partition coefficient (Wildman–Crippen LogP) is 1.42. The third kappa shape index (κ3) is 1.88. The van der Waals surface area contributed by atoms with Gasteiger partial charge in [-0.3, -0.25) is 0 Å². The van der Waals surface area contributed by atoms with Gasteiger partial charge in [0.05, 0.1) is 11.6 Å². The van der Waals surface area contributed by atoms with Crippen LogP contribution < -0.4 is 0 Å². The fourth-order valence-corrected chi connectivity index (χ4v) is 2.58. The number of halogens is 1. The second kappa shape index (κ2) is 4.13. The van der Waals surface area contributed by atoms with E-state index in [9.17, 15) is 9.50 Å². The highest BCUT2D eigenvalue weighted by Gasteiger charge is 2.39. The number of aliphatic hydroxyl groups is 1. The van der Waals surface area contributed by atoms with Crippen molar-refractivity contribution in [2.45, 2.75) is 30.9 Å². The molecule has 1 heterocycles. The van der Waals surface area contributed by atoms with Gasteiger partial charge in [-0.1, -0.05) is 12.1 Å². The lowest BCUT2D eigenvalue weighted by molar-refractivity contribution is 0.0399. The van der Waals surface area contributed by atoms with Crippen molar-refractivity contribution in [3.05, 3.63) is 42.0 Å². The molecule has 2 aromatic rings. The maximum absolute atomic E-state index is 12.9. The van der Waals surface area contributed by atoms with Gasteiger partial charge < -0.3 is 5.11 Å². The molecule has 1 aliphatic carbocycles. The second-order valence-corrected chi connectivity index (χ2v) is 4.72. The van der Waals surface area contributed by atoms with E-state index in [1.54, 1.807) is 23.1 Å². The molecule has 0 spiro atoms. The lowest BCUT2D eigenvalue weighted by Gasteiger charge is -2.23. The third-order valence-electron chi connectivity index (χ3n) is 3.59. The van der Waals surface area contributed by atoms with Crippen LogP contribution in [0.1, 0.15) is 30.9 Å². The number of aromatic nitrogens is 4. The minimum absolute atomic E-state index is 0.0926. The van der Waals surface area contributed by atoms with Gasteiger partial charge in [-0.05, 0) is 41.0 Å². The zero-order valence-corrected chi connectivity index (χ0v) is 9.70. The first-order valence-corrected chi connectivity index (χ1v) is 5.88. The van der Waals surface area contributed by atoms with E-state index in [4.69, 9.17) is 0 Å². The second-order valence-electron chi connectivity index (χ2n) is 4.72. The summed E-state index contributed by atoms with van der Waals surface area (Å²) in [6.07, 6.45) is 3.53. The molecule has 0 amide bonds. The molecule has 1 aromatic carbocycles. The van der Waals surface area contributed by atoms with Gasteiger partial charge in [0.15, 0.2) is 0 Å². The largest absolute Gasteiger partial charge is 0.385 e. The average Bonchev–Trinajstić information content (AvgIpc) is 2.99. The molecule has 3 rings (SSSR count). The van der Waals surface area contributed by atoms with Crippen molar-refractivity contribution in [3.63, 3.8) is 0 Å². The van der Waals surface area contributed by atoms with Gasteiger partial charge in [0.2, 0.25) is 0 Å². The molecule has 5 nitrogen and oxygen atoms in total. The molecule has 1 aromatic heterocycles. The van der Waals surface area contributed by atoms with E-state index in [1.165, 1.54) is 12.1 Å². The van der Waals surface area contributed by atoms with E-state index >= 15 is 0 Å². The van der Waals surface area contributed by atoms with Crippen LogP contribution in [0.25, 0.3) is 0 Å². The number of tetrazole rings is 1. The zero-order chi connectivity index (χ0) is 12.6. The standard InChI is InChI=1S/C12H13FN4O/c13-10-3-1-9(2-4-10)12(18)6-5-11(7-12)17-8-14-15-16-17/h1-4,8,11,18H,5-7H2. The van der Waals surface area contributed by atoms with Gasteiger partial charge in [0, 0.05) is 6.42 Å². The van der Waals surface area contributed by atoms with Gasteiger partial charge in [-0.15, -0.1) is 5.10 Å². The Morgan fingerprint density at radius 3 is 2.78 bits per heavy atom. The van der Waals surface area contributed by atoms with E-state index in [1.807, 2.05) is 0 Å². The van der Waals surface area contributed by atoms with E-state index < -0.39 is 5.60 Å². The van der Waals surface area contributed by atoms with Crippen LogP contribution in [0.3, 0.4) is 0 Å². The molecule has 1 aliphatic rings. The minimum Gasteiger partial charge on any atom is -0.385 e. The summed E-state index contributed by atoms with van der Waals surface area (Å²) in [6, 6.07) is 6.11. The molecular formula is C12H13FN4O. The fourth-order valence-electron chi connectivity index (χ4n) is 2.58. The summed E-state index contributed by atoms with van der Waals surface area (Å²) in [5, 5.41) is 21.7. The Hall–Kier alpha value is -1.82. The SMILES string of the molecule is OC1(c2ccc(F)cc2)CCC(n2cnnn2)C1. The molecule has 0 saturated heterocycles. The predicted molar refractivity (Wildman–Crippen MR) is 61.0 cm³/mol. The van der Waals surface area contributed by atoms with Gasteiger partial charge in [-0.2, -0.15) is 0 Å². The molecule has 0 radical (unpaired) electrons. The monoisotopic (exact) mass is 248 g/mol. The quantitative estimate of drug-likeness (QED) is 0.873. The smallest absolute Gasteiger partial charge is 0.138 e. The fraction of sp³-hybridized carbons (Fsp3) is 0.417. The molecule has 1 saturated carbocycles. The molecule has 94 valence electrons. The van der Waals surface area contributed by atoms with E-state index in [0.29, 0.717) is 12.8 Å². The summed E-state index contributed by atoms with van der Waals surface area (Å²) in [4.78, 5) is 0. The average molecular weight is 248 g/mol. The van der Waals surface area contributed by atoms with E-state index in [0.717, 1.165) is 12.0 Å².